The number of aldehydes is 1. The molecule has 1 heterocycles. The van der Waals surface area contributed by atoms with Gasteiger partial charge in [0.15, 0.2) is 12.0 Å². The molecule has 0 bridgehead atoms. The Morgan fingerprint density at radius 3 is 2.69 bits per heavy atom. The molecule has 0 saturated carbocycles. The number of aromatic amines is 1. The van der Waals surface area contributed by atoms with Gasteiger partial charge in [0, 0.05) is 0 Å². The van der Waals surface area contributed by atoms with E-state index in [2.05, 4.69) is 4.98 Å². The first-order valence-corrected chi connectivity index (χ1v) is 3.72. The lowest BCUT2D eigenvalue weighted by molar-refractivity contribution is 0.111. The lowest BCUT2D eigenvalue weighted by atomic mass is 10.2. The maximum Gasteiger partial charge on any atom is 0.170 e. The summed E-state index contributed by atoms with van der Waals surface area (Å²) in [6, 6.07) is 4.74. The smallest absolute Gasteiger partial charge is 0.170 e. The molecule has 0 fully saturated rings. The second-order valence-electron chi connectivity index (χ2n) is 2.70. The fraction of sp³-hybridized carbons (Fsp3) is 0. The number of aromatic hydroxyl groups is 2. The Kier molecular flexibility index (Phi) is 1.48. The number of phenolic OH excluding ortho intramolecular Hbond substituents is 1. The van der Waals surface area contributed by atoms with Crippen LogP contribution in [0.3, 0.4) is 0 Å². The molecular weight excluding hydrogens is 170 g/mol. The largest absolute Gasteiger partial charge is 0.507 e. The predicted octanol–water partition coefficient (Wildman–Crippen LogP) is 1.39. The molecule has 13 heavy (non-hydrogen) atoms. The van der Waals surface area contributed by atoms with Crippen LogP contribution in [0.15, 0.2) is 18.2 Å². The number of aromatic nitrogens is 1. The number of H-pyrrole nitrogens is 1. The fourth-order valence-electron chi connectivity index (χ4n) is 1.32. The highest BCUT2D eigenvalue weighted by atomic mass is 16.3. The zero-order chi connectivity index (χ0) is 9.42. The quantitative estimate of drug-likeness (QED) is 0.576. The second kappa shape index (κ2) is 2.52. The number of fused-ring (bicyclic) bond motifs is 1. The first-order valence-electron chi connectivity index (χ1n) is 3.72. The number of carbonyl (C=O) groups excluding carboxylic acids is 1. The molecule has 0 aliphatic carbocycles. The maximum atomic E-state index is 10.4. The molecule has 1 aromatic heterocycles. The predicted molar refractivity (Wildman–Crippen MR) is 47.0 cm³/mol. The van der Waals surface area contributed by atoms with Gasteiger partial charge in [0.2, 0.25) is 0 Å². The van der Waals surface area contributed by atoms with E-state index in [1.54, 1.807) is 12.1 Å². The Balaban J connectivity index is 2.92. The molecule has 0 radical (unpaired) electrons. The van der Waals surface area contributed by atoms with Gasteiger partial charge in [-0.1, -0.05) is 6.07 Å². The number of rotatable bonds is 1. The fourth-order valence-corrected chi connectivity index (χ4v) is 1.32. The molecule has 0 aliphatic heterocycles. The van der Waals surface area contributed by atoms with Gasteiger partial charge in [-0.15, -0.1) is 0 Å². The van der Waals surface area contributed by atoms with Crippen molar-refractivity contribution in [3.05, 3.63) is 23.9 Å². The summed E-state index contributed by atoms with van der Waals surface area (Å²) in [4.78, 5) is 13.1. The Bertz CT molecular complexity index is 473. The molecule has 0 saturated heterocycles. The van der Waals surface area contributed by atoms with E-state index >= 15 is 0 Å². The summed E-state index contributed by atoms with van der Waals surface area (Å²) in [5.74, 6) is -0.248. The summed E-state index contributed by atoms with van der Waals surface area (Å²) >= 11 is 0. The van der Waals surface area contributed by atoms with E-state index in [1.807, 2.05) is 0 Å². The van der Waals surface area contributed by atoms with E-state index in [4.69, 9.17) is 0 Å². The highest BCUT2D eigenvalue weighted by Crippen LogP contribution is 2.34. The van der Waals surface area contributed by atoms with E-state index < -0.39 is 0 Å². The average molecular weight is 177 g/mol. The molecule has 0 aliphatic rings. The Hall–Kier alpha value is -1.97. The molecule has 0 spiro atoms. The van der Waals surface area contributed by atoms with Crippen molar-refractivity contribution in [3.8, 4) is 11.5 Å². The molecule has 2 aromatic rings. The van der Waals surface area contributed by atoms with Crippen molar-refractivity contribution in [3.63, 3.8) is 0 Å². The summed E-state index contributed by atoms with van der Waals surface area (Å²) in [6.45, 7) is 0. The van der Waals surface area contributed by atoms with Gasteiger partial charge in [-0.3, -0.25) is 4.79 Å². The summed E-state index contributed by atoms with van der Waals surface area (Å²) in [5, 5.41) is 19.1. The molecule has 3 N–H and O–H groups in total. The van der Waals surface area contributed by atoms with E-state index in [0.29, 0.717) is 11.8 Å². The van der Waals surface area contributed by atoms with E-state index in [0.717, 1.165) is 0 Å². The third-order valence-electron chi connectivity index (χ3n) is 1.92. The SMILES string of the molecule is O=Cc1[nH]c2cccc(O)c2c1O. The molecule has 0 unspecified atom stereocenters. The number of benzene rings is 1. The summed E-state index contributed by atoms with van der Waals surface area (Å²) in [5.41, 5.74) is 0.621. The van der Waals surface area contributed by atoms with Gasteiger partial charge in [0.05, 0.1) is 10.9 Å². The average Bonchev–Trinajstić information content (AvgIpc) is 2.44. The number of hydrogen-bond acceptors (Lipinski definition) is 3. The van der Waals surface area contributed by atoms with Gasteiger partial charge < -0.3 is 15.2 Å². The van der Waals surface area contributed by atoms with Gasteiger partial charge in [-0.25, -0.2) is 0 Å². The van der Waals surface area contributed by atoms with Crippen molar-refractivity contribution >= 4 is 17.2 Å². The summed E-state index contributed by atoms with van der Waals surface area (Å²) in [7, 11) is 0. The molecule has 0 amide bonds. The minimum absolute atomic E-state index is 0.0423. The van der Waals surface area contributed by atoms with E-state index in [9.17, 15) is 15.0 Å². The van der Waals surface area contributed by atoms with Crippen LogP contribution in [-0.4, -0.2) is 21.5 Å². The molecule has 1 aromatic carbocycles. The molecule has 4 nitrogen and oxygen atoms in total. The number of carbonyl (C=O) groups is 1. The van der Waals surface area contributed by atoms with Crippen LogP contribution < -0.4 is 0 Å². The lowest BCUT2D eigenvalue weighted by Crippen LogP contribution is -1.76. The minimum Gasteiger partial charge on any atom is -0.507 e. The Morgan fingerprint density at radius 1 is 1.31 bits per heavy atom. The van der Waals surface area contributed by atoms with Crippen molar-refractivity contribution in [1.29, 1.82) is 0 Å². The van der Waals surface area contributed by atoms with Crippen LogP contribution in [-0.2, 0) is 0 Å². The van der Waals surface area contributed by atoms with Gasteiger partial charge >= 0.3 is 0 Å². The Labute approximate surface area is 73.4 Å². The Morgan fingerprint density at radius 2 is 2.08 bits per heavy atom. The van der Waals surface area contributed by atoms with Gasteiger partial charge in [0.1, 0.15) is 11.4 Å². The molecular formula is C9H7NO3. The van der Waals surface area contributed by atoms with Gasteiger partial charge in [-0.05, 0) is 12.1 Å². The topological polar surface area (TPSA) is 73.3 Å². The van der Waals surface area contributed by atoms with Crippen LogP contribution in [0, 0.1) is 0 Å². The van der Waals surface area contributed by atoms with Crippen LogP contribution in [0.1, 0.15) is 10.5 Å². The molecule has 66 valence electrons. The van der Waals surface area contributed by atoms with Crippen molar-refractivity contribution in [2.45, 2.75) is 0 Å². The molecule has 4 heteroatoms. The zero-order valence-corrected chi connectivity index (χ0v) is 6.61. The van der Waals surface area contributed by atoms with E-state index in [-0.39, 0.29) is 22.6 Å². The standard InChI is InChI=1S/C9H7NO3/c11-4-6-9(13)8-5(10-6)2-1-3-7(8)12/h1-4,10,12-13H. The second-order valence-corrected chi connectivity index (χ2v) is 2.70. The number of hydrogen-bond donors (Lipinski definition) is 3. The molecule has 2 rings (SSSR count). The van der Waals surface area contributed by atoms with E-state index in [1.165, 1.54) is 6.07 Å². The molecule has 0 atom stereocenters. The van der Waals surface area contributed by atoms with Crippen molar-refractivity contribution in [2.24, 2.45) is 0 Å². The highest BCUT2D eigenvalue weighted by Gasteiger charge is 2.11. The highest BCUT2D eigenvalue weighted by molar-refractivity contribution is 5.98. The van der Waals surface area contributed by atoms with Gasteiger partial charge in [-0.2, -0.15) is 0 Å². The van der Waals surface area contributed by atoms with Crippen molar-refractivity contribution in [1.82, 2.24) is 4.98 Å². The van der Waals surface area contributed by atoms with Crippen LogP contribution in [0.2, 0.25) is 0 Å². The van der Waals surface area contributed by atoms with Crippen LogP contribution in [0.5, 0.6) is 11.5 Å². The first-order chi connectivity index (χ1) is 6.24. The van der Waals surface area contributed by atoms with Crippen LogP contribution in [0.4, 0.5) is 0 Å². The van der Waals surface area contributed by atoms with Crippen molar-refractivity contribution < 1.29 is 15.0 Å². The lowest BCUT2D eigenvalue weighted by Gasteiger charge is -1.93. The van der Waals surface area contributed by atoms with Crippen LogP contribution >= 0.6 is 0 Å². The summed E-state index contributed by atoms with van der Waals surface area (Å²) in [6.07, 6.45) is 0.509. The minimum atomic E-state index is -0.205. The van der Waals surface area contributed by atoms with Crippen molar-refractivity contribution in [2.75, 3.05) is 0 Å². The zero-order valence-electron chi connectivity index (χ0n) is 6.61. The third kappa shape index (κ3) is 0.955. The normalized spacial score (nSPS) is 10.5. The first kappa shape index (κ1) is 7.67. The van der Waals surface area contributed by atoms with Gasteiger partial charge in [0.25, 0.3) is 0 Å². The monoisotopic (exact) mass is 177 g/mol. The van der Waals surface area contributed by atoms with Crippen LogP contribution in [0.25, 0.3) is 10.9 Å². The maximum absolute atomic E-state index is 10.4. The number of nitrogens with one attached hydrogen (secondary N) is 1. The summed E-state index contributed by atoms with van der Waals surface area (Å²) < 4.78 is 0. The number of phenols is 1. The third-order valence-corrected chi connectivity index (χ3v) is 1.92.